The van der Waals surface area contributed by atoms with E-state index in [1.165, 1.54) is 24.9 Å². The Bertz CT molecular complexity index is 555. The summed E-state index contributed by atoms with van der Waals surface area (Å²) in [6.07, 6.45) is 5.96. The van der Waals surface area contributed by atoms with Crippen LogP contribution in [0.1, 0.15) is 71.8 Å². The van der Waals surface area contributed by atoms with Crippen LogP contribution in [-0.2, 0) is 10.2 Å². The second-order valence-electron chi connectivity index (χ2n) is 8.76. The minimum absolute atomic E-state index is 0.156. The van der Waals surface area contributed by atoms with Crippen LogP contribution in [0, 0.1) is 0 Å². The molecule has 4 heteroatoms. The molecule has 1 heterocycles. The van der Waals surface area contributed by atoms with Crippen LogP contribution in [0.3, 0.4) is 0 Å². The molecule has 0 aromatic heterocycles. The van der Waals surface area contributed by atoms with E-state index >= 15 is 0 Å². The van der Waals surface area contributed by atoms with Crippen molar-refractivity contribution in [3.63, 3.8) is 0 Å². The molecule has 1 amide bonds. The minimum atomic E-state index is 0.156. The van der Waals surface area contributed by atoms with E-state index in [1.807, 2.05) is 12.1 Å². The number of hydrogen-bond donors (Lipinski definition) is 1. The van der Waals surface area contributed by atoms with Gasteiger partial charge in [0.1, 0.15) is 5.75 Å². The van der Waals surface area contributed by atoms with Gasteiger partial charge in [0.25, 0.3) is 0 Å². The van der Waals surface area contributed by atoms with E-state index in [1.54, 1.807) is 0 Å². The van der Waals surface area contributed by atoms with Crippen LogP contribution in [0.4, 0.5) is 0 Å². The van der Waals surface area contributed by atoms with Crippen LogP contribution < -0.4 is 10.1 Å². The molecule has 0 radical (unpaired) electrons. The number of carbonyl (C=O) groups excluding carboxylic acids is 1. The Morgan fingerprint density at radius 2 is 1.81 bits per heavy atom. The van der Waals surface area contributed by atoms with Crippen LogP contribution >= 0.6 is 0 Å². The van der Waals surface area contributed by atoms with Gasteiger partial charge in [-0.3, -0.25) is 4.79 Å². The number of ether oxygens (including phenoxy) is 1. The molecule has 27 heavy (non-hydrogen) atoms. The number of hydrogen-bond acceptors (Lipinski definition) is 3. The largest absolute Gasteiger partial charge is 0.494 e. The Kier molecular flexibility index (Phi) is 8.62. The zero-order valence-electron chi connectivity index (χ0n) is 17.7. The molecular formula is C23H38N2O2. The smallest absolute Gasteiger partial charge is 0.220 e. The van der Waals surface area contributed by atoms with E-state index in [4.69, 9.17) is 4.74 Å². The van der Waals surface area contributed by atoms with Gasteiger partial charge in [0.15, 0.2) is 0 Å². The normalized spacial score (nSPS) is 16.3. The number of amides is 1. The quantitative estimate of drug-likeness (QED) is 0.646. The molecule has 152 valence electrons. The highest BCUT2D eigenvalue weighted by Crippen LogP contribution is 2.24. The van der Waals surface area contributed by atoms with E-state index in [0.717, 1.165) is 38.1 Å². The topological polar surface area (TPSA) is 41.6 Å². The molecule has 1 aliphatic heterocycles. The van der Waals surface area contributed by atoms with E-state index in [2.05, 4.69) is 50.0 Å². The summed E-state index contributed by atoms with van der Waals surface area (Å²) in [4.78, 5) is 14.7. The fourth-order valence-corrected chi connectivity index (χ4v) is 3.46. The van der Waals surface area contributed by atoms with Crippen molar-refractivity contribution >= 4 is 5.91 Å². The maximum atomic E-state index is 12.2. The Labute approximate surface area is 165 Å². The number of unbranched alkanes of at least 4 members (excludes halogenated alkanes) is 1. The summed E-state index contributed by atoms with van der Waals surface area (Å²) in [5, 5.41) is 3.20. The molecule has 1 saturated heterocycles. The van der Waals surface area contributed by atoms with E-state index in [9.17, 15) is 4.79 Å². The van der Waals surface area contributed by atoms with Gasteiger partial charge in [-0.15, -0.1) is 0 Å². The number of rotatable bonds is 9. The summed E-state index contributed by atoms with van der Waals surface area (Å²) in [5.41, 5.74) is 1.46. The van der Waals surface area contributed by atoms with Gasteiger partial charge in [0, 0.05) is 25.6 Å². The summed E-state index contributed by atoms with van der Waals surface area (Å²) < 4.78 is 5.78. The standard InChI is InChI=1S/C23H38N2O2/c1-5-6-15-25-16-13-20(14-17-25)24-22(26)8-7-18-27-21-11-9-19(10-12-21)23(2,3)4/h9-12,20H,5-8,13-18H2,1-4H3,(H,24,26). The molecule has 0 saturated carbocycles. The third kappa shape index (κ3) is 7.92. The summed E-state index contributed by atoms with van der Waals surface area (Å²) in [5.74, 6) is 1.04. The average molecular weight is 375 g/mol. The van der Waals surface area contributed by atoms with Crippen molar-refractivity contribution in [2.75, 3.05) is 26.2 Å². The van der Waals surface area contributed by atoms with Crippen LogP contribution in [0.25, 0.3) is 0 Å². The highest BCUT2D eigenvalue weighted by atomic mass is 16.5. The molecule has 0 atom stereocenters. The third-order valence-electron chi connectivity index (χ3n) is 5.32. The van der Waals surface area contributed by atoms with Crippen LogP contribution in [0.5, 0.6) is 5.75 Å². The number of benzene rings is 1. The van der Waals surface area contributed by atoms with Crippen molar-refractivity contribution in [1.82, 2.24) is 10.2 Å². The Morgan fingerprint density at radius 3 is 2.41 bits per heavy atom. The second-order valence-corrected chi connectivity index (χ2v) is 8.76. The lowest BCUT2D eigenvalue weighted by Gasteiger charge is -2.32. The Balaban J connectivity index is 1.59. The minimum Gasteiger partial charge on any atom is -0.494 e. The lowest BCUT2D eigenvalue weighted by Crippen LogP contribution is -2.44. The molecule has 1 aromatic carbocycles. The fourth-order valence-electron chi connectivity index (χ4n) is 3.46. The maximum absolute atomic E-state index is 12.2. The van der Waals surface area contributed by atoms with Gasteiger partial charge in [-0.1, -0.05) is 46.2 Å². The molecule has 0 spiro atoms. The maximum Gasteiger partial charge on any atom is 0.220 e. The van der Waals surface area contributed by atoms with Gasteiger partial charge in [-0.05, 0) is 55.3 Å². The van der Waals surface area contributed by atoms with Crippen molar-refractivity contribution in [2.45, 2.75) is 77.7 Å². The molecule has 1 aliphatic rings. The molecule has 1 fully saturated rings. The first-order chi connectivity index (χ1) is 12.9. The number of likely N-dealkylation sites (tertiary alicyclic amines) is 1. The van der Waals surface area contributed by atoms with Crippen molar-refractivity contribution in [3.05, 3.63) is 29.8 Å². The molecule has 0 bridgehead atoms. The summed E-state index contributed by atoms with van der Waals surface area (Å²) in [6.45, 7) is 12.8. The van der Waals surface area contributed by atoms with Crippen LogP contribution in [0.15, 0.2) is 24.3 Å². The molecule has 1 N–H and O–H groups in total. The third-order valence-corrected chi connectivity index (χ3v) is 5.32. The SMILES string of the molecule is CCCCN1CCC(NC(=O)CCCOc2ccc(C(C)(C)C)cc2)CC1. The predicted molar refractivity (Wildman–Crippen MR) is 112 cm³/mol. The van der Waals surface area contributed by atoms with E-state index < -0.39 is 0 Å². The summed E-state index contributed by atoms with van der Waals surface area (Å²) >= 11 is 0. The van der Waals surface area contributed by atoms with Gasteiger partial charge in [-0.2, -0.15) is 0 Å². The average Bonchev–Trinajstić information content (AvgIpc) is 2.64. The number of nitrogens with one attached hydrogen (secondary N) is 1. The number of piperidine rings is 1. The van der Waals surface area contributed by atoms with Crippen LogP contribution in [0.2, 0.25) is 0 Å². The van der Waals surface area contributed by atoms with Gasteiger partial charge in [-0.25, -0.2) is 0 Å². The zero-order chi connectivity index (χ0) is 19.7. The first-order valence-corrected chi connectivity index (χ1v) is 10.6. The van der Waals surface area contributed by atoms with Gasteiger partial charge < -0.3 is 15.0 Å². The molecular weight excluding hydrogens is 336 g/mol. The van der Waals surface area contributed by atoms with Gasteiger partial charge >= 0.3 is 0 Å². The van der Waals surface area contributed by atoms with Gasteiger partial charge in [0.05, 0.1) is 6.61 Å². The first kappa shape index (κ1) is 21.7. The fraction of sp³-hybridized carbons (Fsp3) is 0.696. The van der Waals surface area contributed by atoms with Crippen molar-refractivity contribution in [3.8, 4) is 5.75 Å². The first-order valence-electron chi connectivity index (χ1n) is 10.6. The monoisotopic (exact) mass is 374 g/mol. The number of nitrogens with zero attached hydrogens (tertiary/aromatic N) is 1. The Morgan fingerprint density at radius 1 is 1.15 bits per heavy atom. The molecule has 4 nitrogen and oxygen atoms in total. The molecule has 2 rings (SSSR count). The molecule has 0 aliphatic carbocycles. The Hall–Kier alpha value is -1.55. The second kappa shape index (κ2) is 10.7. The lowest BCUT2D eigenvalue weighted by atomic mass is 9.87. The predicted octanol–water partition coefficient (Wildman–Crippen LogP) is 4.52. The van der Waals surface area contributed by atoms with Crippen molar-refractivity contribution in [2.24, 2.45) is 0 Å². The van der Waals surface area contributed by atoms with Crippen LogP contribution in [-0.4, -0.2) is 43.1 Å². The highest BCUT2D eigenvalue weighted by molar-refractivity contribution is 5.76. The summed E-state index contributed by atoms with van der Waals surface area (Å²) in [6, 6.07) is 8.63. The van der Waals surface area contributed by atoms with E-state index in [-0.39, 0.29) is 11.3 Å². The van der Waals surface area contributed by atoms with Gasteiger partial charge in [0.2, 0.25) is 5.91 Å². The highest BCUT2D eigenvalue weighted by Gasteiger charge is 2.20. The van der Waals surface area contributed by atoms with Crippen molar-refractivity contribution in [1.29, 1.82) is 0 Å². The van der Waals surface area contributed by atoms with Crippen molar-refractivity contribution < 1.29 is 9.53 Å². The van der Waals surface area contributed by atoms with E-state index in [0.29, 0.717) is 19.1 Å². The molecule has 0 unspecified atom stereocenters. The number of carbonyl (C=O) groups is 1. The lowest BCUT2D eigenvalue weighted by molar-refractivity contribution is -0.122. The molecule has 1 aromatic rings. The summed E-state index contributed by atoms with van der Waals surface area (Å²) in [7, 11) is 0. The zero-order valence-corrected chi connectivity index (χ0v) is 17.7.